The lowest BCUT2D eigenvalue weighted by Gasteiger charge is -2.17. The molecule has 4 aliphatic rings. The smallest absolute Gasteiger partial charge is 0.132 e. The monoisotopic (exact) mass is 398 g/mol. The van der Waals surface area contributed by atoms with Gasteiger partial charge in [-0.2, -0.15) is 0 Å². The molecule has 4 rings (SSSR count). The van der Waals surface area contributed by atoms with Crippen molar-refractivity contribution < 1.29 is 20.0 Å². The van der Waals surface area contributed by atoms with Crippen LogP contribution in [0.15, 0.2) is 0 Å². The summed E-state index contributed by atoms with van der Waals surface area (Å²) in [5.74, 6) is 0.464. The molecule has 4 aliphatic carbocycles. The van der Waals surface area contributed by atoms with Crippen LogP contribution < -0.4 is 0 Å². The molecule has 0 heterocycles. The molecule has 0 atom stereocenters. The molecule has 4 heteroatoms. The Morgan fingerprint density at radius 1 is 0.571 bits per heavy atom. The van der Waals surface area contributed by atoms with E-state index in [4.69, 9.17) is 10.4 Å². The van der Waals surface area contributed by atoms with Gasteiger partial charge in [-0.25, -0.2) is 4.89 Å². The Morgan fingerprint density at radius 2 is 0.929 bits per heavy atom. The van der Waals surface area contributed by atoms with Crippen LogP contribution in [0.5, 0.6) is 0 Å². The molecule has 0 saturated heterocycles. The van der Waals surface area contributed by atoms with Crippen LogP contribution in [0.1, 0.15) is 135 Å². The standard InChI is InChI=1S/C6H12O2.C6H12O.C6H10O.C6H12/c7-8-6-4-2-1-3-5-6;2*7-6-4-2-1-3-5-6;1-2-4-6-5-3-1/h6-7H,1-5H2;6-7H,1-5H2;1-5H2;1-6H2. The number of aliphatic hydroxyl groups is 1. The van der Waals surface area contributed by atoms with Crippen LogP contribution in [-0.4, -0.2) is 28.4 Å². The molecule has 0 bridgehead atoms. The Labute approximate surface area is 173 Å². The van der Waals surface area contributed by atoms with E-state index in [1.807, 2.05) is 0 Å². The second-order valence-corrected chi connectivity index (χ2v) is 8.88. The molecule has 0 aromatic carbocycles. The van der Waals surface area contributed by atoms with Gasteiger partial charge in [0, 0.05) is 12.8 Å². The maximum atomic E-state index is 10.5. The van der Waals surface area contributed by atoms with Crippen molar-refractivity contribution in [2.24, 2.45) is 0 Å². The molecule has 0 aromatic rings. The minimum absolute atomic E-state index is 0.0359. The van der Waals surface area contributed by atoms with Gasteiger partial charge < -0.3 is 5.11 Å². The van der Waals surface area contributed by atoms with Crippen molar-refractivity contribution in [2.45, 2.75) is 147 Å². The quantitative estimate of drug-likeness (QED) is 0.369. The van der Waals surface area contributed by atoms with Gasteiger partial charge in [-0.05, 0) is 38.5 Å². The normalized spacial score (nSPS) is 23.9. The number of hydrogen-bond acceptors (Lipinski definition) is 4. The molecule has 0 radical (unpaired) electrons. The lowest BCUT2D eigenvalue weighted by molar-refractivity contribution is -0.283. The predicted octanol–water partition coefficient (Wildman–Crippen LogP) is 6.98. The van der Waals surface area contributed by atoms with E-state index in [1.54, 1.807) is 0 Å². The molecule has 166 valence electrons. The number of hydrogen-bond donors (Lipinski definition) is 2. The zero-order valence-corrected chi connectivity index (χ0v) is 18.2. The van der Waals surface area contributed by atoms with E-state index in [2.05, 4.69) is 4.89 Å². The third-order valence-corrected chi connectivity index (χ3v) is 6.19. The number of carbonyl (C=O) groups is 1. The summed E-state index contributed by atoms with van der Waals surface area (Å²) in [6, 6.07) is 0. The van der Waals surface area contributed by atoms with Crippen LogP contribution in [0.2, 0.25) is 0 Å². The Hall–Kier alpha value is -0.450. The van der Waals surface area contributed by atoms with Crippen LogP contribution >= 0.6 is 0 Å². The van der Waals surface area contributed by atoms with Gasteiger partial charge in [0.1, 0.15) is 5.78 Å². The van der Waals surface area contributed by atoms with Gasteiger partial charge in [0.25, 0.3) is 0 Å². The van der Waals surface area contributed by atoms with Gasteiger partial charge in [0.05, 0.1) is 12.2 Å². The van der Waals surface area contributed by atoms with Gasteiger partial charge >= 0.3 is 0 Å². The van der Waals surface area contributed by atoms with Crippen molar-refractivity contribution in [3.8, 4) is 0 Å². The lowest BCUT2D eigenvalue weighted by Crippen LogP contribution is -2.14. The van der Waals surface area contributed by atoms with Crippen molar-refractivity contribution in [2.75, 3.05) is 0 Å². The van der Waals surface area contributed by atoms with E-state index in [-0.39, 0.29) is 12.2 Å². The van der Waals surface area contributed by atoms with Gasteiger partial charge in [-0.15, -0.1) is 0 Å². The summed E-state index contributed by atoms with van der Waals surface area (Å²) < 4.78 is 0. The SMILES string of the molecule is C1CCCCC1.O=C1CCCCC1.OC1CCCCC1.OOC1CCCCC1. The molecule has 4 nitrogen and oxygen atoms in total. The third kappa shape index (κ3) is 15.5. The highest BCUT2D eigenvalue weighted by atomic mass is 17.1. The second-order valence-electron chi connectivity index (χ2n) is 8.88. The third-order valence-electron chi connectivity index (χ3n) is 6.19. The summed E-state index contributed by atoms with van der Waals surface area (Å²) in [6.45, 7) is 0. The Bertz CT molecular complexity index is 323. The van der Waals surface area contributed by atoms with E-state index < -0.39 is 0 Å². The summed E-state index contributed by atoms with van der Waals surface area (Å²) in [5, 5.41) is 17.1. The number of ketones is 1. The first kappa shape index (κ1) is 25.6. The van der Waals surface area contributed by atoms with Crippen LogP contribution in [0, 0.1) is 0 Å². The van der Waals surface area contributed by atoms with E-state index in [0.717, 1.165) is 51.4 Å². The van der Waals surface area contributed by atoms with Gasteiger partial charge in [-0.1, -0.05) is 83.5 Å². The molecule has 4 fully saturated rings. The summed E-state index contributed by atoms with van der Waals surface area (Å²) in [7, 11) is 0. The summed E-state index contributed by atoms with van der Waals surface area (Å²) in [5.41, 5.74) is 0. The van der Waals surface area contributed by atoms with Gasteiger partial charge in [0.2, 0.25) is 0 Å². The van der Waals surface area contributed by atoms with Crippen molar-refractivity contribution in [3.63, 3.8) is 0 Å². The van der Waals surface area contributed by atoms with Crippen LogP contribution in [0.4, 0.5) is 0 Å². The Kier molecular flexibility index (Phi) is 17.0. The van der Waals surface area contributed by atoms with E-state index in [1.165, 1.54) is 83.5 Å². The van der Waals surface area contributed by atoms with Gasteiger partial charge in [0.15, 0.2) is 0 Å². The first-order valence-electron chi connectivity index (χ1n) is 12.2. The van der Waals surface area contributed by atoms with Crippen molar-refractivity contribution >= 4 is 5.78 Å². The Balaban J connectivity index is 0.000000188. The van der Waals surface area contributed by atoms with Crippen LogP contribution in [0.25, 0.3) is 0 Å². The first-order chi connectivity index (χ1) is 13.7. The zero-order valence-electron chi connectivity index (χ0n) is 18.2. The summed E-state index contributed by atoms with van der Waals surface area (Å²) in [6.07, 6.45) is 26.1. The summed E-state index contributed by atoms with van der Waals surface area (Å²) in [4.78, 5) is 14.7. The lowest BCUT2D eigenvalue weighted by atomic mass is 9.98. The van der Waals surface area contributed by atoms with Crippen LogP contribution in [0.3, 0.4) is 0 Å². The van der Waals surface area contributed by atoms with E-state index in [9.17, 15) is 4.79 Å². The summed E-state index contributed by atoms with van der Waals surface area (Å²) >= 11 is 0. The topological polar surface area (TPSA) is 66.8 Å². The first-order valence-corrected chi connectivity index (χ1v) is 12.2. The fourth-order valence-corrected chi connectivity index (χ4v) is 4.26. The highest BCUT2D eigenvalue weighted by Crippen LogP contribution is 2.19. The van der Waals surface area contributed by atoms with E-state index >= 15 is 0 Å². The number of carbonyl (C=O) groups excluding carboxylic acids is 1. The molecular weight excluding hydrogens is 352 g/mol. The number of aliphatic hydroxyl groups excluding tert-OH is 1. The largest absolute Gasteiger partial charge is 0.393 e. The van der Waals surface area contributed by atoms with Crippen molar-refractivity contribution in [3.05, 3.63) is 0 Å². The van der Waals surface area contributed by atoms with E-state index in [0.29, 0.717) is 5.78 Å². The molecular formula is C24H46O4. The molecule has 0 unspecified atom stereocenters. The molecule has 0 aromatic heterocycles. The fourth-order valence-electron chi connectivity index (χ4n) is 4.26. The minimum atomic E-state index is 0.0359. The average Bonchev–Trinajstić information content (AvgIpc) is 2.78. The average molecular weight is 399 g/mol. The highest BCUT2D eigenvalue weighted by Gasteiger charge is 2.12. The fraction of sp³-hybridized carbons (Fsp3) is 0.958. The van der Waals surface area contributed by atoms with Gasteiger partial charge in [-0.3, -0.25) is 10.1 Å². The molecule has 0 amide bonds. The maximum Gasteiger partial charge on any atom is 0.132 e. The molecule has 28 heavy (non-hydrogen) atoms. The number of Topliss-reactive ketones (excluding diaryl/α,β-unsaturated/α-hetero) is 1. The predicted molar refractivity (Wildman–Crippen MR) is 115 cm³/mol. The molecule has 2 N–H and O–H groups in total. The molecule has 4 saturated carbocycles. The highest BCUT2D eigenvalue weighted by molar-refractivity contribution is 5.78. The minimum Gasteiger partial charge on any atom is -0.393 e. The molecule has 0 aliphatic heterocycles. The van der Waals surface area contributed by atoms with Crippen molar-refractivity contribution in [1.29, 1.82) is 0 Å². The molecule has 0 spiro atoms. The Morgan fingerprint density at radius 3 is 1.18 bits per heavy atom. The van der Waals surface area contributed by atoms with Crippen molar-refractivity contribution in [1.82, 2.24) is 0 Å². The number of rotatable bonds is 1. The zero-order chi connectivity index (χ0) is 20.3. The maximum absolute atomic E-state index is 10.5. The van der Waals surface area contributed by atoms with Crippen LogP contribution in [-0.2, 0) is 9.68 Å². The second kappa shape index (κ2) is 18.6.